The highest BCUT2D eigenvalue weighted by Crippen LogP contribution is 2.26. The zero-order chi connectivity index (χ0) is 18.5. The summed E-state index contributed by atoms with van der Waals surface area (Å²) in [4.78, 5) is 13.5. The Balaban J connectivity index is 1.97. The van der Waals surface area contributed by atoms with Gasteiger partial charge >= 0.3 is 0 Å². The van der Waals surface area contributed by atoms with Crippen LogP contribution in [0.2, 0.25) is 0 Å². The van der Waals surface area contributed by atoms with Crippen molar-refractivity contribution in [2.24, 2.45) is 0 Å². The number of nitrogens with one attached hydrogen (secondary N) is 2. The maximum absolute atomic E-state index is 4.66. The Hall–Kier alpha value is -2.47. The maximum atomic E-state index is 4.66. The smallest absolute Gasteiger partial charge is 0.225 e. The fourth-order valence-electron chi connectivity index (χ4n) is 2.43. The molecule has 6 heteroatoms. The van der Waals surface area contributed by atoms with Gasteiger partial charge in [-0.1, -0.05) is 22.9 Å². The van der Waals surface area contributed by atoms with Gasteiger partial charge in [0.25, 0.3) is 0 Å². The van der Waals surface area contributed by atoms with Crippen molar-refractivity contribution in [3.8, 4) is 11.3 Å². The van der Waals surface area contributed by atoms with Gasteiger partial charge in [0, 0.05) is 40.2 Å². The van der Waals surface area contributed by atoms with Gasteiger partial charge in [-0.2, -0.15) is 4.98 Å². The molecule has 0 bridgehead atoms. The third-order valence-electron chi connectivity index (χ3n) is 4.10. The number of hydrogen-bond donors (Lipinski definition) is 2. The normalized spacial score (nSPS) is 11.8. The molecule has 3 rings (SSSR count). The maximum Gasteiger partial charge on any atom is 0.225 e. The molecular weight excluding hydrogens is 390 g/mol. The van der Waals surface area contributed by atoms with E-state index in [9.17, 15) is 0 Å². The molecular formula is C20H22BrN5. The Morgan fingerprint density at radius 3 is 2.69 bits per heavy atom. The SMILES string of the molecule is CC[C@H](C)Nc1nc(Nc2ccc(Br)c(C)c2)cc(-c2cccnc2)n1. The van der Waals surface area contributed by atoms with Gasteiger partial charge in [0.1, 0.15) is 5.82 Å². The van der Waals surface area contributed by atoms with E-state index in [1.807, 2.05) is 36.5 Å². The third-order valence-corrected chi connectivity index (χ3v) is 4.99. The van der Waals surface area contributed by atoms with Gasteiger partial charge in [0.05, 0.1) is 5.69 Å². The monoisotopic (exact) mass is 411 g/mol. The molecule has 0 amide bonds. The summed E-state index contributed by atoms with van der Waals surface area (Å²) in [6.07, 6.45) is 4.56. The Kier molecular flexibility index (Phi) is 5.83. The Morgan fingerprint density at radius 1 is 1.15 bits per heavy atom. The number of pyridine rings is 1. The van der Waals surface area contributed by atoms with Gasteiger partial charge < -0.3 is 10.6 Å². The van der Waals surface area contributed by atoms with Crippen LogP contribution in [0.15, 0.2) is 53.3 Å². The lowest BCUT2D eigenvalue weighted by Gasteiger charge is -2.15. The van der Waals surface area contributed by atoms with E-state index in [1.54, 1.807) is 6.20 Å². The van der Waals surface area contributed by atoms with Crippen molar-refractivity contribution in [1.82, 2.24) is 15.0 Å². The van der Waals surface area contributed by atoms with Crippen LogP contribution in [0, 0.1) is 6.92 Å². The highest BCUT2D eigenvalue weighted by molar-refractivity contribution is 9.10. The summed E-state index contributed by atoms with van der Waals surface area (Å²) < 4.78 is 1.08. The summed E-state index contributed by atoms with van der Waals surface area (Å²) in [5, 5.41) is 6.74. The van der Waals surface area contributed by atoms with Crippen molar-refractivity contribution in [3.05, 3.63) is 58.8 Å². The number of rotatable bonds is 6. The second-order valence-electron chi connectivity index (χ2n) is 6.25. The molecule has 0 fully saturated rings. The van der Waals surface area contributed by atoms with E-state index in [0.29, 0.717) is 12.0 Å². The van der Waals surface area contributed by atoms with E-state index in [4.69, 9.17) is 0 Å². The Morgan fingerprint density at radius 2 is 2.00 bits per heavy atom. The van der Waals surface area contributed by atoms with Crippen LogP contribution in [0.25, 0.3) is 11.3 Å². The quantitative estimate of drug-likeness (QED) is 0.555. The van der Waals surface area contributed by atoms with Crippen LogP contribution in [0.4, 0.5) is 17.5 Å². The van der Waals surface area contributed by atoms with Crippen LogP contribution in [0.5, 0.6) is 0 Å². The minimum absolute atomic E-state index is 0.293. The molecule has 0 radical (unpaired) electrons. The summed E-state index contributed by atoms with van der Waals surface area (Å²) in [7, 11) is 0. The van der Waals surface area contributed by atoms with E-state index >= 15 is 0 Å². The number of hydrogen-bond acceptors (Lipinski definition) is 5. The summed E-state index contributed by atoms with van der Waals surface area (Å²) in [6, 6.07) is 12.3. The van der Waals surface area contributed by atoms with E-state index in [2.05, 4.69) is 68.4 Å². The van der Waals surface area contributed by atoms with Crippen LogP contribution in [0.1, 0.15) is 25.8 Å². The number of aryl methyl sites for hydroxylation is 1. The Labute approximate surface area is 162 Å². The van der Waals surface area contributed by atoms with Crippen molar-refractivity contribution >= 4 is 33.4 Å². The first-order chi connectivity index (χ1) is 12.5. The lowest BCUT2D eigenvalue weighted by Crippen LogP contribution is -2.16. The van der Waals surface area contributed by atoms with Crippen LogP contribution in [-0.4, -0.2) is 21.0 Å². The molecule has 0 saturated carbocycles. The predicted molar refractivity (Wildman–Crippen MR) is 111 cm³/mol. The first-order valence-electron chi connectivity index (χ1n) is 8.64. The summed E-state index contributed by atoms with van der Waals surface area (Å²) in [6.45, 7) is 6.31. The molecule has 1 atom stereocenters. The molecule has 26 heavy (non-hydrogen) atoms. The second-order valence-corrected chi connectivity index (χ2v) is 7.10. The van der Waals surface area contributed by atoms with Crippen molar-refractivity contribution in [1.29, 1.82) is 0 Å². The van der Waals surface area contributed by atoms with Crippen LogP contribution < -0.4 is 10.6 Å². The van der Waals surface area contributed by atoms with Crippen molar-refractivity contribution in [2.75, 3.05) is 10.6 Å². The lowest BCUT2D eigenvalue weighted by molar-refractivity contribution is 0.753. The van der Waals surface area contributed by atoms with Gasteiger partial charge in [0.15, 0.2) is 0 Å². The topological polar surface area (TPSA) is 62.7 Å². The average Bonchev–Trinajstić information content (AvgIpc) is 2.65. The molecule has 1 aromatic carbocycles. The van der Waals surface area contributed by atoms with Gasteiger partial charge in [-0.25, -0.2) is 4.98 Å². The molecule has 2 aromatic heterocycles. The number of anilines is 3. The van der Waals surface area contributed by atoms with Crippen molar-refractivity contribution < 1.29 is 0 Å². The third kappa shape index (κ3) is 4.58. The van der Waals surface area contributed by atoms with E-state index < -0.39 is 0 Å². The van der Waals surface area contributed by atoms with E-state index in [0.717, 1.165) is 39.2 Å². The highest BCUT2D eigenvalue weighted by Gasteiger charge is 2.09. The zero-order valence-electron chi connectivity index (χ0n) is 15.1. The number of nitrogens with zero attached hydrogens (tertiary/aromatic N) is 3. The van der Waals surface area contributed by atoms with Gasteiger partial charge in [-0.15, -0.1) is 0 Å². The first kappa shape index (κ1) is 18.3. The number of halogens is 1. The molecule has 0 spiro atoms. The Bertz CT molecular complexity index is 883. The average molecular weight is 412 g/mol. The van der Waals surface area contributed by atoms with Gasteiger partial charge in [-0.05, 0) is 56.2 Å². The molecule has 0 aliphatic rings. The van der Waals surface area contributed by atoms with Crippen molar-refractivity contribution in [3.63, 3.8) is 0 Å². The minimum Gasteiger partial charge on any atom is -0.352 e. The number of aromatic nitrogens is 3. The summed E-state index contributed by atoms with van der Waals surface area (Å²) in [5.41, 5.74) is 3.93. The molecule has 0 unspecified atom stereocenters. The molecule has 2 heterocycles. The molecule has 0 saturated heterocycles. The van der Waals surface area contributed by atoms with Crippen LogP contribution in [-0.2, 0) is 0 Å². The molecule has 0 aliphatic carbocycles. The molecule has 134 valence electrons. The second kappa shape index (κ2) is 8.27. The fraction of sp³-hybridized carbons (Fsp3) is 0.250. The number of benzene rings is 1. The van der Waals surface area contributed by atoms with Crippen LogP contribution >= 0.6 is 15.9 Å². The van der Waals surface area contributed by atoms with Crippen LogP contribution in [0.3, 0.4) is 0 Å². The predicted octanol–water partition coefficient (Wildman–Crippen LogP) is 5.56. The molecule has 5 nitrogen and oxygen atoms in total. The first-order valence-corrected chi connectivity index (χ1v) is 9.43. The molecule has 0 aliphatic heterocycles. The minimum atomic E-state index is 0.293. The zero-order valence-corrected chi connectivity index (χ0v) is 16.7. The summed E-state index contributed by atoms with van der Waals surface area (Å²) >= 11 is 3.53. The molecule has 2 N–H and O–H groups in total. The van der Waals surface area contributed by atoms with Gasteiger partial charge in [-0.3, -0.25) is 4.98 Å². The van der Waals surface area contributed by atoms with Gasteiger partial charge in [0.2, 0.25) is 5.95 Å². The highest BCUT2D eigenvalue weighted by atomic mass is 79.9. The summed E-state index contributed by atoms with van der Waals surface area (Å²) in [5.74, 6) is 1.35. The van der Waals surface area contributed by atoms with Crippen molar-refractivity contribution in [2.45, 2.75) is 33.2 Å². The fourth-order valence-corrected chi connectivity index (χ4v) is 2.68. The lowest BCUT2D eigenvalue weighted by atomic mass is 10.2. The largest absolute Gasteiger partial charge is 0.352 e. The van der Waals surface area contributed by atoms with E-state index in [1.165, 1.54) is 0 Å². The van der Waals surface area contributed by atoms with E-state index in [-0.39, 0.29) is 0 Å². The standard InChI is InChI=1S/C20H22BrN5/c1-4-14(3)23-20-25-18(15-6-5-9-22-12-15)11-19(26-20)24-16-7-8-17(21)13(2)10-16/h5-12,14H,4H2,1-3H3,(H2,23,24,25,26)/t14-/m0/s1. The molecule has 3 aromatic rings.